The second-order valence-corrected chi connectivity index (χ2v) is 5.96. The zero-order valence-corrected chi connectivity index (χ0v) is 14.2. The number of benzene rings is 2. The number of halogens is 1. The number of rotatable bonds is 5. The molecule has 0 saturated heterocycles. The zero-order valence-electron chi connectivity index (χ0n) is 12.7. The molecule has 5 heteroatoms. The number of nitrogens with one attached hydrogen (secondary N) is 2. The molecule has 0 unspecified atom stereocenters. The Morgan fingerprint density at radius 2 is 1.82 bits per heavy atom. The molecule has 0 aromatic heterocycles. The first kappa shape index (κ1) is 16.4. The smallest absolute Gasteiger partial charge is 0.317 e. The summed E-state index contributed by atoms with van der Waals surface area (Å²) in [5.41, 5.74) is 3.27. The van der Waals surface area contributed by atoms with E-state index in [0.29, 0.717) is 6.54 Å². The lowest BCUT2D eigenvalue weighted by molar-refractivity contribution is 0.223. The first-order valence-corrected chi connectivity index (χ1v) is 7.80. The van der Waals surface area contributed by atoms with E-state index >= 15 is 0 Å². The number of amides is 2. The van der Waals surface area contributed by atoms with Gasteiger partial charge in [0.2, 0.25) is 0 Å². The van der Waals surface area contributed by atoms with Crippen molar-refractivity contribution in [2.75, 3.05) is 6.73 Å². The Morgan fingerprint density at radius 3 is 2.50 bits per heavy atom. The van der Waals surface area contributed by atoms with Gasteiger partial charge >= 0.3 is 6.03 Å². The van der Waals surface area contributed by atoms with E-state index in [1.54, 1.807) is 0 Å². The second kappa shape index (κ2) is 7.84. The van der Waals surface area contributed by atoms with Crippen molar-refractivity contribution in [1.29, 1.82) is 0 Å². The number of hydrogen-bond acceptors (Lipinski definition) is 2. The van der Waals surface area contributed by atoms with Crippen LogP contribution in [0, 0.1) is 13.8 Å². The number of carbonyl (C=O) groups is 1. The van der Waals surface area contributed by atoms with Crippen molar-refractivity contribution in [3.8, 4) is 5.75 Å². The number of hydrogen-bond donors (Lipinski definition) is 2. The molecule has 0 aliphatic heterocycles. The molecular weight excluding hydrogens is 344 g/mol. The summed E-state index contributed by atoms with van der Waals surface area (Å²) in [4.78, 5) is 11.7. The van der Waals surface area contributed by atoms with Gasteiger partial charge in [0.25, 0.3) is 0 Å². The minimum Gasteiger partial charge on any atom is -0.473 e. The van der Waals surface area contributed by atoms with Crippen LogP contribution in [0.5, 0.6) is 5.75 Å². The molecule has 116 valence electrons. The van der Waals surface area contributed by atoms with Crippen LogP contribution in [-0.2, 0) is 6.54 Å². The van der Waals surface area contributed by atoms with Crippen LogP contribution >= 0.6 is 15.9 Å². The van der Waals surface area contributed by atoms with E-state index in [-0.39, 0.29) is 12.8 Å². The molecule has 0 bridgehead atoms. The Balaban J connectivity index is 1.72. The van der Waals surface area contributed by atoms with Crippen molar-refractivity contribution in [3.05, 3.63) is 63.6 Å². The monoisotopic (exact) mass is 362 g/mol. The Morgan fingerprint density at radius 1 is 1.09 bits per heavy atom. The van der Waals surface area contributed by atoms with E-state index < -0.39 is 0 Å². The van der Waals surface area contributed by atoms with E-state index in [4.69, 9.17) is 4.74 Å². The molecule has 0 fully saturated rings. The molecule has 0 saturated carbocycles. The molecular formula is C17H19BrN2O2. The van der Waals surface area contributed by atoms with Gasteiger partial charge in [-0.05, 0) is 43.2 Å². The fourth-order valence-corrected chi connectivity index (χ4v) is 2.25. The Bertz CT molecular complexity index is 642. The lowest BCUT2D eigenvalue weighted by Crippen LogP contribution is -2.37. The van der Waals surface area contributed by atoms with Crippen molar-refractivity contribution in [3.63, 3.8) is 0 Å². The van der Waals surface area contributed by atoms with Crippen molar-refractivity contribution >= 4 is 22.0 Å². The number of ether oxygens (including phenoxy) is 1. The van der Waals surface area contributed by atoms with Crippen molar-refractivity contribution in [2.24, 2.45) is 0 Å². The van der Waals surface area contributed by atoms with Gasteiger partial charge in [-0.2, -0.15) is 0 Å². The van der Waals surface area contributed by atoms with E-state index in [2.05, 4.69) is 26.6 Å². The van der Waals surface area contributed by atoms with Gasteiger partial charge in [0.05, 0.1) is 0 Å². The third-order valence-electron chi connectivity index (χ3n) is 3.16. The minimum absolute atomic E-state index is 0.135. The van der Waals surface area contributed by atoms with Crippen LogP contribution < -0.4 is 15.4 Å². The van der Waals surface area contributed by atoms with Gasteiger partial charge in [-0.3, -0.25) is 0 Å². The topological polar surface area (TPSA) is 50.4 Å². The van der Waals surface area contributed by atoms with Gasteiger partial charge in [0.1, 0.15) is 5.75 Å². The van der Waals surface area contributed by atoms with Crippen LogP contribution in [0.25, 0.3) is 0 Å². The van der Waals surface area contributed by atoms with Gasteiger partial charge in [0.15, 0.2) is 6.73 Å². The molecule has 22 heavy (non-hydrogen) atoms. The summed E-state index contributed by atoms with van der Waals surface area (Å²) < 4.78 is 6.57. The summed E-state index contributed by atoms with van der Waals surface area (Å²) >= 11 is 3.38. The first-order valence-electron chi connectivity index (χ1n) is 7.01. The van der Waals surface area contributed by atoms with Crippen molar-refractivity contribution < 1.29 is 9.53 Å². The largest absolute Gasteiger partial charge is 0.473 e. The molecule has 0 aliphatic carbocycles. The Labute approximate surface area is 139 Å². The maximum absolute atomic E-state index is 11.7. The lowest BCUT2D eigenvalue weighted by atomic mass is 10.1. The normalized spacial score (nSPS) is 10.1. The highest BCUT2D eigenvalue weighted by Gasteiger charge is 2.02. The predicted octanol–water partition coefficient (Wildman–Crippen LogP) is 3.90. The van der Waals surface area contributed by atoms with E-state index in [9.17, 15) is 4.79 Å². The highest BCUT2D eigenvalue weighted by Crippen LogP contribution is 2.18. The molecule has 2 rings (SSSR count). The maximum atomic E-state index is 11.7. The Hall–Kier alpha value is -2.01. The molecule has 0 aliphatic rings. The highest BCUT2D eigenvalue weighted by molar-refractivity contribution is 9.10. The molecule has 2 aromatic rings. The highest BCUT2D eigenvalue weighted by atomic mass is 79.9. The number of aryl methyl sites for hydroxylation is 2. The summed E-state index contributed by atoms with van der Waals surface area (Å²) in [5.74, 6) is 0.777. The molecule has 0 heterocycles. The standard InChI is InChI=1S/C17H19BrN2O2/c1-12-3-8-16(13(2)9-12)22-11-20-17(21)19-10-14-4-6-15(18)7-5-14/h3-9H,10-11H2,1-2H3,(H2,19,20,21). The van der Waals surface area contributed by atoms with Crippen LogP contribution in [-0.4, -0.2) is 12.8 Å². The minimum atomic E-state index is -0.257. The molecule has 0 atom stereocenters. The van der Waals surface area contributed by atoms with Crippen LogP contribution in [0.15, 0.2) is 46.9 Å². The molecule has 0 radical (unpaired) electrons. The Kier molecular flexibility index (Phi) is 5.83. The van der Waals surface area contributed by atoms with E-state index in [1.807, 2.05) is 56.3 Å². The molecule has 2 amide bonds. The van der Waals surface area contributed by atoms with Crippen LogP contribution in [0.4, 0.5) is 4.79 Å². The van der Waals surface area contributed by atoms with Gasteiger partial charge < -0.3 is 15.4 Å². The van der Waals surface area contributed by atoms with Gasteiger partial charge in [-0.15, -0.1) is 0 Å². The van der Waals surface area contributed by atoms with Gasteiger partial charge in [-0.25, -0.2) is 4.79 Å². The number of carbonyl (C=O) groups excluding carboxylic acids is 1. The second-order valence-electron chi connectivity index (χ2n) is 5.04. The van der Waals surface area contributed by atoms with Crippen LogP contribution in [0.1, 0.15) is 16.7 Å². The average Bonchev–Trinajstić information content (AvgIpc) is 2.49. The summed E-state index contributed by atoms with van der Waals surface area (Å²) in [6.07, 6.45) is 0. The molecule has 2 N–H and O–H groups in total. The fraction of sp³-hybridized carbons (Fsp3) is 0.235. The van der Waals surface area contributed by atoms with Crippen LogP contribution in [0.2, 0.25) is 0 Å². The lowest BCUT2D eigenvalue weighted by Gasteiger charge is -2.11. The average molecular weight is 363 g/mol. The summed E-state index contributed by atoms with van der Waals surface area (Å²) in [6.45, 7) is 4.62. The van der Waals surface area contributed by atoms with Gasteiger partial charge in [-0.1, -0.05) is 45.8 Å². The van der Waals surface area contributed by atoms with Crippen LogP contribution in [0.3, 0.4) is 0 Å². The SMILES string of the molecule is Cc1ccc(OCNC(=O)NCc2ccc(Br)cc2)c(C)c1. The van der Waals surface area contributed by atoms with Gasteiger partial charge in [0, 0.05) is 11.0 Å². The number of urea groups is 1. The third kappa shape index (κ3) is 5.07. The fourth-order valence-electron chi connectivity index (χ4n) is 1.99. The first-order chi connectivity index (χ1) is 10.5. The third-order valence-corrected chi connectivity index (χ3v) is 3.69. The van der Waals surface area contributed by atoms with E-state index in [1.165, 1.54) is 5.56 Å². The summed E-state index contributed by atoms with van der Waals surface area (Å²) in [6, 6.07) is 13.5. The maximum Gasteiger partial charge on any atom is 0.317 e. The summed E-state index contributed by atoms with van der Waals surface area (Å²) in [5, 5.41) is 5.46. The molecule has 2 aromatic carbocycles. The van der Waals surface area contributed by atoms with Crippen molar-refractivity contribution in [2.45, 2.75) is 20.4 Å². The van der Waals surface area contributed by atoms with Crippen molar-refractivity contribution in [1.82, 2.24) is 10.6 Å². The summed E-state index contributed by atoms with van der Waals surface area (Å²) in [7, 11) is 0. The molecule has 0 spiro atoms. The zero-order chi connectivity index (χ0) is 15.9. The van der Waals surface area contributed by atoms with E-state index in [0.717, 1.165) is 21.3 Å². The quantitative estimate of drug-likeness (QED) is 0.792. The molecule has 4 nitrogen and oxygen atoms in total. The predicted molar refractivity (Wildman–Crippen MR) is 90.9 cm³/mol.